The van der Waals surface area contributed by atoms with Crippen molar-refractivity contribution in [3.05, 3.63) is 144 Å². The van der Waals surface area contributed by atoms with E-state index in [2.05, 4.69) is 121 Å². The van der Waals surface area contributed by atoms with Crippen LogP contribution in [-0.2, 0) is 5.75 Å². The van der Waals surface area contributed by atoms with Crippen LogP contribution < -0.4 is 0 Å². The van der Waals surface area contributed by atoms with Gasteiger partial charge in [-0.15, -0.1) is 11.8 Å². The maximum Gasteiger partial charge on any atom is 0.144 e. The molecule has 1 N–H and O–H groups in total. The van der Waals surface area contributed by atoms with Crippen molar-refractivity contribution in [1.29, 1.82) is 0 Å². The third kappa shape index (κ3) is 4.06. The molecule has 6 aromatic rings. The van der Waals surface area contributed by atoms with Gasteiger partial charge in [0.25, 0.3) is 0 Å². The minimum absolute atomic E-state index is 0.00172. The third-order valence-electron chi connectivity index (χ3n) is 6.73. The lowest BCUT2D eigenvalue weighted by Gasteiger charge is -2.22. The average Bonchev–Trinajstić information content (AvgIpc) is 3.26. The quantitative estimate of drug-likeness (QED) is 0.255. The first-order valence-electron chi connectivity index (χ1n) is 12.2. The summed E-state index contributed by atoms with van der Waals surface area (Å²) >= 11 is 1.85. The molecule has 3 heteroatoms. The highest BCUT2D eigenvalue weighted by atomic mass is 32.2. The molecule has 0 spiro atoms. The Hall–Kier alpha value is -3.95. The van der Waals surface area contributed by atoms with E-state index in [1.165, 1.54) is 21.9 Å². The summed E-state index contributed by atoms with van der Waals surface area (Å²) in [7, 11) is 0. The van der Waals surface area contributed by atoms with Gasteiger partial charge in [-0.3, -0.25) is 0 Å². The van der Waals surface area contributed by atoms with Gasteiger partial charge in [-0.05, 0) is 41.8 Å². The molecule has 1 heterocycles. The molecular formula is C33H27NOS. The molecule has 1 unspecified atom stereocenters. The van der Waals surface area contributed by atoms with Crippen LogP contribution in [0.25, 0.3) is 27.5 Å². The number of aromatic hydroxyl groups is 1. The zero-order valence-corrected chi connectivity index (χ0v) is 21.0. The smallest absolute Gasteiger partial charge is 0.144 e. The normalized spacial score (nSPS) is 12.2. The van der Waals surface area contributed by atoms with Crippen molar-refractivity contribution >= 4 is 33.6 Å². The number of para-hydroxylation sites is 2. The number of phenolic OH excluding ortho intramolecular Hbond substituents is 1. The highest BCUT2D eigenvalue weighted by Crippen LogP contribution is 2.45. The Labute approximate surface area is 215 Å². The van der Waals surface area contributed by atoms with Crippen molar-refractivity contribution < 1.29 is 5.11 Å². The van der Waals surface area contributed by atoms with E-state index in [9.17, 15) is 5.11 Å². The highest BCUT2D eigenvalue weighted by molar-refractivity contribution is 7.99. The van der Waals surface area contributed by atoms with Crippen molar-refractivity contribution in [2.24, 2.45) is 0 Å². The lowest BCUT2D eigenvalue weighted by atomic mass is 10.00. The predicted octanol–water partition coefficient (Wildman–Crippen LogP) is 8.82. The topological polar surface area (TPSA) is 25.2 Å². The van der Waals surface area contributed by atoms with Crippen LogP contribution in [0.1, 0.15) is 27.5 Å². The van der Waals surface area contributed by atoms with Crippen LogP contribution in [0.15, 0.2) is 121 Å². The number of nitrogens with zero attached hydrogens (tertiary/aromatic N) is 1. The van der Waals surface area contributed by atoms with Crippen LogP contribution in [0, 0.1) is 6.92 Å². The maximum atomic E-state index is 11.9. The zero-order valence-electron chi connectivity index (χ0n) is 20.1. The summed E-state index contributed by atoms with van der Waals surface area (Å²) < 4.78 is 2.21. The molecule has 0 aliphatic carbocycles. The SMILES string of the molecule is Cc1cc(C(SCc2ccccc2)c2ccccc2)c(O)c(-n2c3ccccc3c3ccccc32)c1. The zero-order chi connectivity index (χ0) is 24.5. The van der Waals surface area contributed by atoms with E-state index in [-0.39, 0.29) is 5.25 Å². The summed E-state index contributed by atoms with van der Waals surface area (Å²) in [4.78, 5) is 0. The van der Waals surface area contributed by atoms with E-state index < -0.39 is 0 Å². The van der Waals surface area contributed by atoms with E-state index in [0.717, 1.165) is 33.6 Å². The summed E-state index contributed by atoms with van der Waals surface area (Å²) in [5, 5.41) is 14.3. The second-order valence-corrected chi connectivity index (χ2v) is 10.3. The number of rotatable bonds is 6. The van der Waals surface area contributed by atoms with Crippen molar-refractivity contribution in [3.63, 3.8) is 0 Å². The van der Waals surface area contributed by atoms with Gasteiger partial charge in [0, 0.05) is 22.1 Å². The first-order chi connectivity index (χ1) is 17.7. The van der Waals surface area contributed by atoms with Gasteiger partial charge in [0.15, 0.2) is 0 Å². The van der Waals surface area contributed by atoms with Gasteiger partial charge in [0.05, 0.1) is 22.0 Å². The maximum absolute atomic E-state index is 11.9. The van der Waals surface area contributed by atoms with Gasteiger partial charge in [-0.1, -0.05) is 103 Å². The number of aromatic nitrogens is 1. The van der Waals surface area contributed by atoms with E-state index in [4.69, 9.17) is 0 Å². The number of phenols is 1. The van der Waals surface area contributed by atoms with Gasteiger partial charge >= 0.3 is 0 Å². The van der Waals surface area contributed by atoms with Crippen molar-refractivity contribution in [2.45, 2.75) is 17.9 Å². The molecule has 2 nitrogen and oxygen atoms in total. The molecular weight excluding hydrogens is 458 g/mol. The summed E-state index contributed by atoms with van der Waals surface area (Å²) in [6.07, 6.45) is 0. The molecule has 0 bridgehead atoms. The van der Waals surface area contributed by atoms with Crippen molar-refractivity contribution in [2.75, 3.05) is 0 Å². The number of aryl methyl sites for hydroxylation is 1. The van der Waals surface area contributed by atoms with E-state index >= 15 is 0 Å². The minimum atomic E-state index is -0.00172. The Morgan fingerprint density at radius 2 is 1.25 bits per heavy atom. The number of hydrogen-bond acceptors (Lipinski definition) is 2. The van der Waals surface area contributed by atoms with Crippen LogP contribution in [0.4, 0.5) is 0 Å². The van der Waals surface area contributed by atoms with Gasteiger partial charge in [0.2, 0.25) is 0 Å². The van der Waals surface area contributed by atoms with Gasteiger partial charge < -0.3 is 9.67 Å². The fourth-order valence-corrected chi connectivity index (χ4v) is 6.35. The Balaban J connectivity index is 1.54. The van der Waals surface area contributed by atoms with Crippen molar-refractivity contribution in [1.82, 2.24) is 4.57 Å². The highest BCUT2D eigenvalue weighted by Gasteiger charge is 2.23. The molecule has 6 rings (SSSR count). The van der Waals surface area contributed by atoms with E-state index in [0.29, 0.717) is 5.75 Å². The Kier molecular flexibility index (Phi) is 6.00. The molecule has 0 aliphatic rings. The molecule has 1 aromatic heterocycles. The van der Waals surface area contributed by atoms with Gasteiger partial charge in [-0.25, -0.2) is 0 Å². The molecule has 1 atom stereocenters. The summed E-state index contributed by atoms with van der Waals surface area (Å²) in [6, 6.07) is 42.1. The van der Waals surface area contributed by atoms with Crippen LogP contribution in [0.3, 0.4) is 0 Å². The lowest BCUT2D eigenvalue weighted by molar-refractivity contribution is 0.466. The number of hydrogen-bond donors (Lipinski definition) is 1. The van der Waals surface area contributed by atoms with Crippen molar-refractivity contribution in [3.8, 4) is 11.4 Å². The summed E-state index contributed by atoms with van der Waals surface area (Å²) in [5.41, 5.74) is 7.55. The number of fused-ring (bicyclic) bond motifs is 3. The monoisotopic (exact) mass is 485 g/mol. The molecule has 0 aliphatic heterocycles. The Bertz CT molecular complexity index is 1600. The minimum Gasteiger partial charge on any atom is -0.505 e. The Morgan fingerprint density at radius 3 is 1.89 bits per heavy atom. The fraction of sp³-hybridized carbons (Fsp3) is 0.0909. The Morgan fingerprint density at radius 1 is 0.694 bits per heavy atom. The van der Waals surface area contributed by atoms with E-state index in [1.54, 1.807) is 0 Å². The molecule has 5 aromatic carbocycles. The molecule has 0 saturated heterocycles. The molecule has 176 valence electrons. The van der Waals surface area contributed by atoms with Crippen LogP contribution in [0.2, 0.25) is 0 Å². The lowest BCUT2D eigenvalue weighted by Crippen LogP contribution is -2.03. The standard InChI is InChI=1S/C33H27NOS/c1-23-20-28(33(25-14-6-3-7-15-25)36-22-24-12-4-2-5-13-24)32(35)31(21-23)34-29-18-10-8-16-26(29)27-17-9-11-19-30(27)34/h2-21,33,35H,22H2,1H3. The van der Waals surface area contributed by atoms with Gasteiger partial charge in [0.1, 0.15) is 5.75 Å². The van der Waals surface area contributed by atoms with Crippen LogP contribution in [-0.4, -0.2) is 9.67 Å². The first-order valence-corrected chi connectivity index (χ1v) is 13.3. The molecule has 0 fully saturated rings. The molecule has 0 radical (unpaired) electrons. The summed E-state index contributed by atoms with van der Waals surface area (Å²) in [5.74, 6) is 1.19. The number of thioether (sulfide) groups is 1. The van der Waals surface area contributed by atoms with Gasteiger partial charge in [-0.2, -0.15) is 0 Å². The van der Waals surface area contributed by atoms with E-state index in [1.807, 2.05) is 23.9 Å². The summed E-state index contributed by atoms with van der Waals surface area (Å²) in [6.45, 7) is 2.12. The fourth-order valence-electron chi connectivity index (χ4n) is 5.09. The molecule has 36 heavy (non-hydrogen) atoms. The first kappa shape index (κ1) is 22.5. The second kappa shape index (κ2) is 9.60. The second-order valence-electron chi connectivity index (χ2n) is 9.18. The largest absolute Gasteiger partial charge is 0.505 e. The molecule has 0 saturated carbocycles. The van der Waals surface area contributed by atoms with Crippen LogP contribution >= 0.6 is 11.8 Å². The third-order valence-corrected chi connectivity index (χ3v) is 8.09. The molecule has 0 amide bonds. The average molecular weight is 486 g/mol. The predicted molar refractivity (Wildman–Crippen MR) is 153 cm³/mol. The number of benzene rings is 5. The van der Waals surface area contributed by atoms with Crippen LogP contribution in [0.5, 0.6) is 5.75 Å².